The molecule has 0 atom stereocenters. The highest BCUT2D eigenvalue weighted by Gasteiger charge is 2.14. The van der Waals surface area contributed by atoms with Gasteiger partial charge in [-0.3, -0.25) is 9.59 Å². The van der Waals surface area contributed by atoms with E-state index in [2.05, 4.69) is 10.6 Å². The van der Waals surface area contributed by atoms with Crippen molar-refractivity contribution >= 4 is 29.1 Å². The zero-order valence-electron chi connectivity index (χ0n) is 14.9. The molecule has 138 valence electrons. The second-order valence-corrected chi connectivity index (χ2v) is 5.88. The van der Waals surface area contributed by atoms with E-state index in [1.54, 1.807) is 36.4 Å². The Labute approximate surface area is 157 Å². The van der Waals surface area contributed by atoms with Crippen molar-refractivity contribution in [3.05, 3.63) is 52.5 Å². The lowest BCUT2D eigenvalue weighted by molar-refractivity contribution is 0.0951. The highest BCUT2D eigenvalue weighted by molar-refractivity contribution is 6.32. The summed E-state index contributed by atoms with van der Waals surface area (Å²) in [6.07, 6.45) is 0.860. The van der Waals surface area contributed by atoms with Crippen molar-refractivity contribution in [1.82, 2.24) is 5.32 Å². The maximum absolute atomic E-state index is 12.5. The molecular formula is C19H21ClN2O4. The van der Waals surface area contributed by atoms with E-state index in [4.69, 9.17) is 21.1 Å². The Morgan fingerprint density at radius 1 is 0.962 bits per heavy atom. The van der Waals surface area contributed by atoms with E-state index < -0.39 is 0 Å². The molecule has 0 bridgehead atoms. The molecule has 2 aromatic carbocycles. The van der Waals surface area contributed by atoms with Crippen molar-refractivity contribution in [2.45, 2.75) is 13.3 Å². The second-order valence-electron chi connectivity index (χ2n) is 5.47. The summed E-state index contributed by atoms with van der Waals surface area (Å²) in [4.78, 5) is 24.4. The molecule has 2 N–H and O–H groups in total. The van der Waals surface area contributed by atoms with Crippen LogP contribution in [0.2, 0.25) is 5.02 Å². The lowest BCUT2D eigenvalue weighted by Gasteiger charge is -2.13. The standard InChI is InChI=1S/C19H21ClN2O4/c1-4-9-21-18(23)12-5-7-13(8-6-12)19(24)22-15-11-16(25-2)14(20)10-17(15)26-3/h5-8,10-11H,4,9H2,1-3H3,(H,21,23)(H,22,24). The summed E-state index contributed by atoms with van der Waals surface area (Å²) in [6, 6.07) is 9.56. The summed E-state index contributed by atoms with van der Waals surface area (Å²) in [5.74, 6) is 0.335. The Balaban J connectivity index is 2.16. The average Bonchev–Trinajstić information content (AvgIpc) is 2.67. The number of carbonyl (C=O) groups excluding carboxylic acids is 2. The monoisotopic (exact) mass is 376 g/mol. The molecule has 0 spiro atoms. The van der Waals surface area contributed by atoms with Crippen LogP contribution in [0.5, 0.6) is 11.5 Å². The van der Waals surface area contributed by atoms with Crippen molar-refractivity contribution in [3.63, 3.8) is 0 Å². The van der Waals surface area contributed by atoms with Crippen molar-refractivity contribution in [3.8, 4) is 11.5 Å². The molecule has 0 unspecified atom stereocenters. The highest BCUT2D eigenvalue weighted by atomic mass is 35.5. The molecule has 7 heteroatoms. The molecular weight excluding hydrogens is 356 g/mol. The lowest BCUT2D eigenvalue weighted by atomic mass is 10.1. The van der Waals surface area contributed by atoms with Crippen LogP contribution in [0.15, 0.2) is 36.4 Å². The third kappa shape index (κ3) is 4.67. The first-order valence-electron chi connectivity index (χ1n) is 8.11. The van der Waals surface area contributed by atoms with Gasteiger partial charge in [0.1, 0.15) is 11.5 Å². The summed E-state index contributed by atoms with van der Waals surface area (Å²) in [5.41, 5.74) is 1.34. The number of amides is 2. The Kier molecular flexibility index (Phi) is 6.86. The van der Waals surface area contributed by atoms with Gasteiger partial charge in [-0.15, -0.1) is 0 Å². The Bertz CT molecular complexity index is 791. The van der Waals surface area contributed by atoms with E-state index in [9.17, 15) is 9.59 Å². The molecule has 2 rings (SSSR count). The van der Waals surface area contributed by atoms with Crippen molar-refractivity contribution in [2.75, 3.05) is 26.1 Å². The van der Waals surface area contributed by atoms with Gasteiger partial charge in [0.25, 0.3) is 11.8 Å². The molecule has 0 radical (unpaired) electrons. The van der Waals surface area contributed by atoms with Gasteiger partial charge in [-0.1, -0.05) is 18.5 Å². The first-order valence-corrected chi connectivity index (χ1v) is 8.49. The number of hydrogen-bond acceptors (Lipinski definition) is 4. The van der Waals surface area contributed by atoms with Crippen LogP contribution in [-0.4, -0.2) is 32.6 Å². The van der Waals surface area contributed by atoms with E-state index in [0.717, 1.165) is 6.42 Å². The summed E-state index contributed by atoms with van der Waals surface area (Å²) >= 11 is 6.06. The minimum absolute atomic E-state index is 0.164. The molecule has 0 fully saturated rings. The zero-order chi connectivity index (χ0) is 19.1. The number of halogens is 1. The van der Waals surface area contributed by atoms with Gasteiger partial charge in [-0.2, -0.15) is 0 Å². The number of anilines is 1. The summed E-state index contributed by atoms with van der Waals surface area (Å²) in [5, 5.41) is 5.93. The minimum Gasteiger partial charge on any atom is -0.495 e. The highest BCUT2D eigenvalue weighted by Crippen LogP contribution is 2.36. The Hall–Kier alpha value is -2.73. The van der Waals surface area contributed by atoms with Gasteiger partial charge in [0.15, 0.2) is 0 Å². The maximum atomic E-state index is 12.5. The van der Waals surface area contributed by atoms with E-state index in [1.165, 1.54) is 14.2 Å². The van der Waals surface area contributed by atoms with Crippen LogP contribution in [-0.2, 0) is 0 Å². The lowest BCUT2D eigenvalue weighted by Crippen LogP contribution is -2.24. The van der Waals surface area contributed by atoms with Crippen LogP contribution in [0.25, 0.3) is 0 Å². The van der Waals surface area contributed by atoms with Gasteiger partial charge < -0.3 is 20.1 Å². The predicted molar refractivity (Wildman–Crippen MR) is 102 cm³/mol. The molecule has 2 amide bonds. The normalized spacial score (nSPS) is 10.2. The predicted octanol–water partition coefficient (Wildman–Crippen LogP) is 3.75. The third-order valence-corrected chi connectivity index (χ3v) is 3.96. The van der Waals surface area contributed by atoms with E-state index in [1.807, 2.05) is 6.92 Å². The van der Waals surface area contributed by atoms with Crippen LogP contribution in [0.3, 0.4) is 0 Å². The molecule has 0 heterocycles. The summed E-state index contributed by atoms with van der Waals surface area (Å²) in [6.45, 7) is 2.59. The molecule has 0 aliphatic rings. The fourth-order valence-electron chi connectivity index (χ4n) is 2.27. The van der Waals surface area contributed by atoms with E-state index >= 15 is 0 Å². The van der Waals surface area contributed by atoms with Crippen LogP contribution in [0.4, 0.5) is 5.69 Å². The minimum atomic E-state index is -0.340. The average molecular weight is 377 g/mol. The van der Waals surface area contributed by atoms with Gasteiger partial charge in [0, 0.05) is 29.8 Å². The first kappa shape index (κ1) is 19.6. The number of carbonyl (C=O) groups is 2. The van der Waals surface area contributed by atoms with Gasteiger partial charge >= 0.3 is 0 Å². The smallest absolute Gasteiger partial charge is 0.255 e. The van der Waals surface area contributed by atoms with Gasteiger partial charge in [-0.05, 0) is 30.7 Å². The number of hydrogen-bond donors (Lipinski definition) is 2. The number of nitrogens with one attached hydrogen (secondary N) is 2. The van der Waals surface area contributed by atoms with Gasteiger partial charge in [0.05, 0.1) is 24.9 Å². The Morgan fingerprint density at radius 3 is 2.08 bits per heavy atom. The van der Waals surface area contributed by atoms with E-state index in [0.29, 0.717) is 39.9 Å². The van der Waals surface area contributed by atoms with Crippen molar-refractivity contribution in [2.24, 2.45) is 0 Å². The van der Waals surface area contributed by atoms with Gasteiger partial charge in [-0.25, -0.2) is 0 Å². The number of methoxy groups -OCH3 is 2. The second kappa shape index (κ2) is 9.10. The molecule has 2 aromatic rings. The first-order chi connectivity index (χ1) is 12.5. The molecule has 0 saturated heterocycles. The van der Waals surface area contributed by atoms with Crippen molar-refractivity contribution in [1.29, 1.82) is 0 Å². The van der Waals surface area contributed by atoms with Crippen LogP contribution in [0, 0.1) is 0 Å². The van der Waals surface area contributed by atoms with Crippen LogP contribution in [0.1, 0.15) is 34.1 Å². The van der Waals surface area contributed by atoms with Crippen molar-refractivity contribution < 1.29 is 19.1 Å². The fraction of sp³-hybridized carbons (Fsp3) is 0.263. The van der Waals surface area contributed by atoms with E-state index in [-0.39, 0.29) is 11.8 Å². The SMILES string of the molecule is CCCNC(=O)c1ccc(C(=O)Nc2cc(OC)c(Cl)cc2OC)cc1. The van der Waals surface area contributed by atoms with Crippen LogP contribution >= 0.6 is 11.6 Å². The summed E-state index contributed by atoms with van der Waals surface area (Å²) < 4.78 is 10.4. The number of ether oxygens (including phenoxy) is 2. The quantitative estimate of drug-likeness (QED) is 0.771. The van der Waals surface area contributed by atoms with Crippen LogP contribution < -0.4 is 20.1 Å². The number of benzene rings is 2. The molecule has 6 nitrogen and oxygen atoms in total. The van der Waals surface area contributed by atoms with Gasteiger partial charge in [0.2, 0.25) is 0 Å². The molecule has 0 aliphatic carbocycles. The largest absolute Gasteiger partial charge is 0.495 e. The number of rotatable bonds is 7. The zero-order valence-corrected chi connectivity index (χ0v) is 15.6. The third-order valence-electron chi connectivity index (χ3n) is 3.67. The molecule has 0 aromatic heterocycles. The fourth-order valence-corrected chi connectivity index (χ4v) is 2.50. The molecule has 26 heavy (non-hydrogen) atoms. The summed E-state index contributed by atoms with van der Waals surface area (Å²) in [7, 11) is 2.97. The maximum Gasteiger partial charge on any atom is 0.255 e. The molecule has 0 saturated carbocycles. The Morgan fingerprint density at radius 2 is 1.54 bits per heavy atom. The molecule has 0 aliphatic heterocycles. The topological polar surface area (TPSA) is 76.7 Å².